The molecule has 9 nitrogen and oxygen atoms in total. The Morgan fingerprint density at radius 2 is 1.89 bits per heavy atom. The fraction of sp³-hybridized carbons (Fsp3) is 0.235. The van der Waals surface area contributed by atoms with Crippen LogP contribution in [0, 0.1) is 24.0 Å². The van der Waals surface area contributed by atoms with Gasteiger partial charge in [-0.2, -0.15) is 0 Å². The first-order chi connectivity index (χ1) is 13.0. The Hall–Kier alpha value is -3.27. The lowest BCUT2D eigenvalue weighted by atomic mass is 10.3. The van der Waals surface area contributed by atoms with Crippen molar-refractivity contribution in [1.29, 1.82) is 0 Å². The van der Waals surface area contributed by atoms with Crippen molar-refractivity contribution in [2.45, 2.75) is 20.8 Å². The molecule has 0 aliphatic rings. The molecule has 0 amide bonds. The van der Waals surface area contributed by atoms with E-state index in [4.69, 9.17) is 4.74 Å². The van der Waals surface area contributed by atoms with Crippen LogP contribution >= 0.6 is 11.3 Å². The molecule has 10 heteroatoms. The average Bonchev–Trinajstić information content (AvgIpc) is 2.94. The number of benzene rings is 1. The van der Waals surface area contributed by atoms with E-state index in [1.807, 2.05) is 26.8 Å². The van der Waals surface area contributed by atoms with Crippen LogP contribution in [0.3, 0.4) is 0 Å². The van der Waals surface area contributed by atoms with Gasteiger partial charge in [0.2, 0.25) is 11.6 Å². The maximum absolute atomic E-state index is 11.7. The van der Waals surface area contributed by atoms with Gasteiger partial charge in [0, 0.05) is 4.88 Å². The van der Waals surface area contributed by atoms with E-state index in [-0.39, 0.29) is 17.3 Å². The molecule has 27 heavy (non-hydrogen) atoms. The number of hydrogen-bond donors (Lipinski definition) is 2. The topological polar surface area (TPSA) is 115 Å². The van der Waals surface area contributed by atoms with Crippen molar-refractivity contribution in [3.63, 3.8) is 0 Å². The predicted molar refractivity (Wildman–Crippen MR) is 104 cm³/mol. The van der Waals surface area contributed by atoms with E-state index >= 15 is 0 Å². The number of thiazole rings is 1. The Morgan fingerprint density at radius 1 is 1.19 bits per heavy atom. The second-order valence-electron chi connectivity index (χ2n) is 5.52. The van der Waals surface area contributed by atoms with Crippen molar-refractivity contribution in [2.24, 2.45) is 0 Å². The number of nitrogens with zero attached hydrogens (tertiary/aromatic N) is 4. The number of nitro groups is 1. The number of ether oxygens (including phenoxy) is 1. The van der Waals surface area contributed by atoms with Crippen LogP contribution in [0.1, 0.15) is 17.5 Å². The summed E-state index contributed by atoms with van der Waals surface area (Å²) in [4.78, 5) is 24.6. The largest absolute Gasteiger partial charge is 0.492 e. The summed E-state index contributed by atoms with van der Waals surface area (Å²) in [6.07, 6.45) is 1.26. The predicted octanol–water partition coefficient (Wildman–Crippen LogP) is 4.34. The van der Waals surface area contributed by atoms with Crippen LogP contribution in [0.4, 0.5) is 28.1 Å². The zero-order chi connectivity index (χ0) is 19.4. The van der Waals surface area contributed by atoms with Gasteiger partial charge >= 0.3 is 5.69 Å². The highest BCUT2D eigenvalue weighted by Crippen LogP contribution is 2.36. The third-order valence-corrected chi connectivity index (χ3v) is 4.69. The number of aromatic nitrogens is 3. The summed E-state index contributed by atoms with van der Waals surface area (Å²) in [5.74, 6) is 0.711. The molecule has 0 atom stereocenters. The van der Waals surface area contributed by atoms with Crippen molar-refractivity contribution in [2.75, 3.05) is 17.2 Å². The second-order valence-corrected chi connectivity index (χ2v) is 6.72. The van der Waals surface area contributed by atoms with Gasteiger partial charge in [-0.3, -0.25) is 10.1 Å². The summed E-state index contributed by atoms with van der Waals surface area (Å²) in [7, 11) is 0. The van der Waals surface area contributed by atoms with Gasteiger partial charge in [0.1, 0.15) is 12.1 Å². The number of nitrogens with one attached hydrogen (secondary N) is 2. The third kappa shape index (κ3) is 4.11. The summed E-state index contributed by atoms with van der Waals surface area (Å²) in [6, 6.07) is 7.17. The molecule has 0 bridgehead atoms. The molecular formula is C17H18N6O3S. The first kappa shape index (κ1) is 18.5. The zero-order valence-corrected chi connectivity index (χ0v) is 15.8. The first-order valence-corrected chi connectivity index (χ1v) is 9.00. The van der Waals surface area contributed by atoms with Gasteiger partial charge in [-0.25, -0.2) is 15.0 Å². The van der Waals surface area contributed by atoms with Gasteiger partial charge < -0.3 is 15.4 Å². The van der Waals surface area contributed by atoms with Gasteiger partial charge in [0.05, 0.1) is 22.9 Å². The Bertz CT molecular complexity index is 956. The van der Waals surface area contributed by atoms with E-state index < -0.39 is 4.92 Å². The number of anilines is 4. The second kappa shape index (κ2) is 7.96. The maximum atomic E-state index is 11.7. The summed E-state index contributed by atoms with van der Waals surface area (Å²) in [5, 5.41) is 18.1. The molecule has 0 unspecified atom stereocenters. The lowest BCUT2D eigenvalue weighted by Gasteiger charge is -2.12. The van der Waals surface area contributed by atoms with Gasteiger partial charge in [0.15, 0.2) is 5.13 Å². The van der Waals surface area contributed by atoms with E-state index in [0.717, 1.165) is 10.6 Å². The normalized spacial score (nSPS) is 10.5. The molecule has 0 spiro atoms. The molecule has 0 saturated heterocycles. The van der Waals surface area contributed by atoms with Crippen molar-refractivity contribution in [1.82, 2.24) is 15.0 Å². The number of hydrogen-bond acceptors (Lipinski definition) is 9. The molecule has 2 heterocycles. The van der Waals surface area contributed by atoms with E-state index in [2.05, 4.69) is 25.6 Å². The van der Waals surface area contributed by atoms with Crippen LogP contribution in [0.2, 0.25) is 0 Å². The lowest BCUT2D eigenvalue weighted by molar-refractivity contribution is -0.383. The number of para-hydroxylation sites is 2. The molecule has 140 valence electrons. The quantitative estimate of drug-likeness (QED) is 0.455. The molecule has 3 aromatic rings. The highest BCUT2D eigenvalue weighted by molar-refractivity contribution is 7.15. The number of rotatable bonds is 7. The summed E-state index contributed by atoms with van der Waals surface area (Å²) >= 11 is 1.40. The average molecular weight is 386 g/mol. The molecule has 2 aromatic heterocycles. The Kier molecular flexibility index (Phi) is 5.46. The van der Waals surface area contributed by atoms with Crippen molar-refractivity contribution < 1.29 is 9.66 Å². The smallest absolute Gasteiger partial charge is 0.353 e. The molecule has 1 aromatic carbocycles. The summed E-state index contributed by atoms with van der Waals surface area (Å²) < 4.78 is 5.55. The molecule has 0 saturated carbocycles. The first-order valence-electron chi connectivity index (χ1n) is 8.19. The van der Waals surface area contributed by atoms with Crippen LogP contribution in [-0.2, 0) is 0 Å². The Morgan fingerprint density at radius 3 is 2.52 bits per heavy atom. The minimum absolute atomic E-state index is 0.0645. The number of aryl methyl sites for hydroxylation is 2. The van der Waals surface area contributed by atoms with E-state index in [1.54, 1.807) is 18.2 Å². The van der Waals surface area contributed by atoms with Crippen LogP contribution in [-0.4, -0.2) is 26.5 Å². The molecule has 3 rings (SSSR count). The highest BCUT2D eigenvalue weighted by Gasteiger charge is 2.24. The van der Waals surface area contributed by atoms with E-state index in [0.29, 0.717) is 23.2 Å². The van der Waals surface area contributed by atoms with Gasteiger partial charge in [0.25, 0.3) is 0 Å². The van der Waals surface area contributed by atoms with Crippen LogP contribution in [0.5, 0.6) is 5.75 Å². The zero-order valence-electron chi connectivity index (χ0n) is 15.0. The molecule has 0 radical (unpaired) electrons. The third-order valence-electron chi connectivity index (χ3n) is 3.70. The Balaban J connectivity index is 1.98. The van der Waals surface area contributed by atoms with E-state index in [1.165, 1.54) is 17.7 Å². The monoisotopic (exact) mass is 386 g/mol. The summed E-state index contributed by atoms with van der Waals surface area (Å²) in [6.45, 7) is 6.15. The fourth-order valence-corrected chi connectivity index (χ4v) is 3.15. The molecule has 0 aliphatic heterocycles. The molecule has 2 N–H and O–H groups in total. The van der Waals surface area contributed by atoms with Crippen LogP contribution in [0.25, 0.3) is 0 Å². The SMILES string of the molecule is CCOc1ccccc1Nc1ncnc(Nc2nc(C)c(C)s2)c1[N+](=O)[O-]. The van der Waals surface area contributed by atoms with Crippen LogP contribution in [0.15, 0.2) is 30.6 Å². The molecule has 0 aliphatic carbocycles. The van der Waals surface area contributed by atoms with Crippen LogP contribution < -0.4 is 15.4 Å². The van der Waals surface area contributed by atoms with E-state index in [9.17, 15) is 10.1 Å². The van der Waals surface area contributed by atoms with Crippen molar-refractivity contribution in [3.8, 4) is 5.75 Å². The van der Waals surface area contributed by atoms with Crippen molar-refractivity contribution in [3.05, 3.63) is 51.3 Å². The van der Waals surface area contributed by atoms with Crippen molar-refractivity contribution >= 4 is 39.5 Å². The van der Waals surface area contributed by atoms with Gasteiger partial charge in [-0.1, -0.05) is 12.1 Å². The highest BCUT2D eigenvalue weighted by atomic mass is 32.1. The fourth-order valence-electron chi connectivity index (χ4n) is 2.34. The minimum Gasteiger partial charge on any atom is -0.492 e. The lowest BCUT2D eigenvalue weighted by Crippen LogP contribution is -2.06. The maximum Gasteiger partial charge on any atom is 0.353 e. The molecule has 0 fully saturated rings. The van der Waals surface area contributed by atoms with Gasteiger partial charge in [-0.15, -0.1) is 11.3 Å². The van der Waals surface area contributed by atoms with Gasteiger partial charge in [-0.05, 0) is 32.9 Å². The minimum atomic E-state index is -0.527. The standard InChI is InChI=1S/C17H18N6O3S/c1-4-26-13-8-6-5-7-12(13)21-15-14(23(24)25)16(19-9-18-15)22-17-20-10(2)11(3)27-17/h5-9H,4H2,1-3H3,(H2,18,19,20,21,22). The summed E-state index contributed by atoms with van der Waals surface area (Å²) in [5.41, 5.74) is 1.17. The Labute approximate surface area is 159 Å². The molecular weight excluding hydrogens is 368 g/mol.